The molecule has 4 aromatic rings. The summed E-state index contributed by atoms with van der Waals surface area (Å²) < 4.78 is 59.7. The summed E-state index contributed by atoms with van der Waals surface area (Å²) in [6.45, 7) is 4.84. The van der Waals surface area contributed by atoms with E-state index in [-0.39, 0.29) is 0 Å². The first kappa shape index (κ1) is 27.3. The van der Waals surface area contributed by atoms with Crippen LogP contribution in [-0.4, -0.2) is 70.1 Å². The van der Waals surface area contributed by atoms with E-state index in [1.165, 1.54) is 0 Å². The number of nitrogens with zero attached hydrogens (tertiary/aromatic N) is 5. The second-order valence-corrected chi connectivity index (χ2v) is 9.13. The molecule has 1 fully saturated rings. The Hall–Kier alpha value is -4.30. The third-order valence-electron chi connectivity index (χ3n) is 6.35. The van der Waals surface area contributed by atoms with Crippen LogP contribution in [0, 0.1) is 5.82 Å². The maximum atomic E-state index is 14.0. The highest BCUT2D eigenvalue weighted by atomic mass is 19.4. The number of aryl methyl sites for hydroxylation is 1. The molecule has 3 N–H and O–H groups in total. The Morgan fingerprint density at radius 3 is 2.55 bits per heavy atom. The Morgan fingerprint density at radius 2 is 1.82 bits per heavy atom. The van der Waals surface area contributed by atoms with Crippen molar-refractivity contribution in [3.8, 4) is 11.3 Å². The molecule has 5 rings (SSSR count). The average molecular weight is 559 g/mol. The first-order valence-corrected chi connectivity index (χ1v) is 12.5. The molecule has 2 amide bonds. The van der Waals surface area contributed by atoms with Crippen LogP contribution < -0.4 is 16.0 Å². The predicted molar refractivity (Wildman–Crippen MR) is 142 cm³/mol. The zero-order valence-corrected chi connectivity index (χ0v) is 21.4. The molecular weight excluding hydrogens is 532 g/mol. The SMILES string of the molecule is Cn1nc(-c2ccc(NC(=O)Nc3cc(C(F)(F)F)ccc3F)cc2)c2cnc(NCCN3CCOCC3)nc21. The van der Waals surface area contributed by atoms with Crippen LogP contribution in [0.25, 0.3) is 22.3 Å². The summed E-state index contributed by atoms with van der Waals surface area (Å²) in [5.41, 5.74) is 0.701. The number of anilines is 3. The molecule has 0 unspecified atom stereocenters. The van der Waals surface area contributed by atoms with Gasteiger partial charge < -0.3 is 20.7 Å². The normalized spacial score (nSPS) is 14.3. The highest BCUT2D eigenvalue weighted by molar-refractivity contribution is 6.00. The van der Waals surface area contributed by atoms with E-state index in [0.29, 0.717) is 47.7 Å². The van der Waals surface area contributed by atoms with E-state index in [1.54, 1.807) is 42.2 Å². The standard InChI is InChI=1S/C26H26F4N8O2/c1-37-23-19(15-32-24(35-23)31-8-9-38-10-12-40-13-11-38)22(36-37)16-2-5-18(6-3-16)33-25(39)34-21-14-17(26(28,29)30)4-7-20(21)27/h2-7,14-15H,8-13H2,1H3,(H,31,32,35)(H2,33,34,39). The minimum absolute atomic E-state index is 0.344. The smallest absolute Gasteiger partial charge is 0.379 e. The van der Waals surface area contributed by atoms with Gasteiger partial charge in [-0.2, -0.15) is 23.3 Å². The van der Waals surface area contributed by atoms with E-state index in [4.69, 9.17) is 4.74 Å². The number of hydrogen-bond acceptors (Lipinski definition) is 7. The van der Waals surface area contributed by atoms with Gasteiger partial charge in [0.25, 0.3) is 0 Å². The van der Waals surface area contributed by atoms with E-state index < -0.39 is 29.3 Å². The van der Waals surface area contributed by atoms with Crippen LogP contribution in [0.4, 0.5) is 39.7 Å². The Kier molecular flexibility index (Phi) is 7.80. The predicted octanol–water partition coefficient (Wildman–Crippen LogP) is 4.58. The maximum absolute atomic E-state index is 14.0. The minimum Gasteiger partial charge on any atom is -0.379 e. The molecule has 0 bridgehead atoms. The lowest BCUT2D eigenvalue weighted by Gasteiger charge is -2.26. The van der Waals surface area contributed by atoms with Gasteiger partial charge in [0.2, 0.25) is 5.95 Å². The second-order valence-electron chi connectivity index (χ2n) is 9.13. The number of amides is 2. The molecule has 40 heavy (non-hydrogen) atoms. The fraction of sp³-hybridized carbons (Fsp3) is 0.308. The summed E-state index contributed by atoms with van der Waals surface area (Å²) in [5.74, 6) is -0.490. The Balaban J connectivity index is 1.23. The zero-order chi connectivity index (χ0) is 28.3. The lowest BCUT2D eigenvalue weighted by Crippen LogP contribution is -2.39. The molecule has 14 heteroatoms. The van der Waals surface area contributed by atoms with Gasteiger partial charge in [0.1, 0.15) is 11.5 Å². The van der Waals surface area contributed by atoms with Crippen molar-refractivity contribution in [3.63, 3.8) is 0 Å². The zero-order valence-electron chi connectivity index (χ0n) is 21.4. The van der Waals surface area contributed by atoms with Crippen molar-refractivity contribution >= 4 is 34.4 Å². The minimum atomic E-state index is -4.67. The molecule has 0 saturated carbocycles. The van der Waals surface area contributed by atoms with Gasteiger partial charge in [-0.15, -0.1) is 0 Å². The molecular formula is C26H26F4N8O2. The third-order valence-corrected chi connectivity index (χ3v) is 6.35. The summed E-state index contributed by atoms with van der Waals surface area (Å²) in [6, 6.07) is 7.54. The number of nitrogens with one attached hydrogen (secondary N) is 3. The van der Waals surface area contributed by atoms with Crippen molar-refractivity contribution < 1.29 is 27.1 Å². The summed E-state index contributed by atoms with van der Waals surface area (Å²) in [6.07, 6.45) is -2.97. The van der Waals surface area contributed by atoms with Crippen molar-refractivity contribution in [1.29, 1.82) is 0 Å². The molecule has 2 aromatic carbocycles. The van der Waals surface area contributed by atoms with Crippen LogP contribution in [0.3, 0.4) is 0 Å². The number of carbonyl (C=O) groups is 1. The van der Waals surface area contributed by atoms with Gasteiger partial charge in [-0.1, -0.05) is 12.1 Å². The maximum Gasteiger partial charge on any atom is 0.416 e. The van der Waals surface area contributed by atoms with Crippen LogP contribution in [0.15, 0.2) is 48.7 Å². The van der Waals surface area contributed by atoms with E-state index in [2.05, 4.69) is 35.9 Å². The summed E-state index contributed by atoms with van der Waals surface area (Å²) in [7, 11) is 1.78. The molecule has 0 radical (unpaired) electrons. The summed E-state index contributed by atoms with van der Waals surface area (Å²) >= 11 is 0. The molecule has 0 atom stereocenters. The number of urea groups is 1. The lowest BCUT2D eigenvalue weighted by molar-refractivity contribution is -0.137. The highest BCUT2D eigenvalue weighted by Gasteiger charge is 2.31. The van der Waals surface area contributed by atoms with Gasteiger partial charge in [-0.05, 0) is 30.3 Å². The second kappa shape index (κ2) is 11.4. The van der Waals surface area contributed by atoms with Gasteiger partial charge in [0, 0.05) is 50.7 Å². The number of morpholine rings is 1. The molecule has 1 saturated heterocycles. The van der Waals surface area contributed by atoms with Crippen LogP contribution in [0.5, 0.6) is 0 Å². The molecule has 0 spiro atoms. The van der Waals surface area contributed by atoms with E-state index in [1.807, 2.05) is 0 Å². The Labute approximate surface area is 226 Å². The van der Waals surface area contributed by atoms with Gasteiger partial charge in [0.05, 0.1) is 29.9 Å². The number of alkyl halides is 3. The number of benzene rings is 2. The Morgan fingerprint density at radius 1 is 1.07 bits per heavy atom. The van der Waals surface area contributed by atoms with Gasteiger partial charge in [-0.25, -0.2) is 18.9 Å². The molecule has 1 aliphatic heterocycles. The average Bonchev–Trinajstić information content (AvgIpc) is 3.26. The van der Waals surface area contributed by atoms with Crippen LogP contribution >= 0.6 is 0 Å². The molecule has 1 aliphatic rings. The van der Waals surface area contributed by atoms with Crippen LogP contribution in [-0.2, 0) is 18.0 Å². The van der Waals surface area contributed by atoms with Crippen LogP contribution in [0.2, 0.25) is 0 Å². The molecule has 3 heterocycles. The molecule has 10 nitrogen and oxygen atoms in total. The molecule has 210 valence electrons. The number of hydrogen-bond donors (Lipinski definition) is 3. The number of halogens is 4. The van der Waals surface area contributed by atoms with E-state index >= 15 is 0 Å². The fourth-order valence-electron chi connectivity index (χ4n) is 4.28. The van der Waals surface area contributed by atoms with Crippen molar-refractivity contribution in [2.24, 2.45) is 7.05 Å². The first-order valence-electron chi connectivity index (χ1n) is 12.5. The van der Waals surface area contributed by atoms with Crippen molar-refractivity contribution in [1.82, 2.24) is 24.6 Å². The van der Waals surface area contributed by atoms with Gasteiger partial charge >= 0.3 is 12.2 Å². The van der Waals surface area contributed by atoms with Crippen molar-refractivity contribution in [2.45, 2.75) is 6.18 Å². The largest absolute Gasteiger partial charge is 0.416 e. The number of carbonyl (C=O) groups excluding carboxylic acids is 1. The highest BCUT2D eigenvalue weighted by Crippen LogP contribution is 2.32. The summed E-state index contributed by atoms with van der Waals surface area (Å²) in [4.78, 5) is 23.6. The Bertz CT molecular complexity index is 1500. The van der Waals surface area contributed by atoms with E-state index in [0.717, 1.165) is 43.8 Å². The van der Waals surface area contributed by atoms with Gasteiger partial charge in [-0.3, -0.25) is 4.90 Å². The number of fused-ring (bicyclic) bond motifs is 1. The fourth-order valence-corrected chi connectivity index (χ4v) is 4.28. The number of ether oxygens (including phenoxy) is 1. The van der Waals surface area contributed by atoms with Crippen molar-refractivity contribution in [3.05, 3.63) is 60.0 Å². The van der Waals surface area contributed by atoms with Crippen molar-refractivity contribution in [2.75, 3.05) is 55.3 Å². The van der Waals surface area contributed by atoms with E-state index in [9.17, 15) is 22.4 Å². The monoisotopic (exact) mass is 558 g/mol. The first-order chi connectivity index (χ1) is 19.2. The summed E-state index contributed by atoms with van der Waals surface area (Å²) in [5, 5.41) is 13.1. The number of rotatable bonds is 7. The number of aromatic nitrogens is 4. The molecule has 2 aromatic heterocycles. The quantitative estimate of drug-likeness (QED) is 0.285. The topological polar surface area (TPSA) is 109 Å². The lowest BCUT2D eigenvalue weighted by atomic mass is 10.1. The molecule has 0 aliphatic carbocycles. The third kappa shape index (κ3) is 6.29. The van der Waals surface area contributed by atoms with Crippen LogP contribution in [0.1, 0.15) is 5.56 Å². The van der Waals surface area contributed by atoms with Gasteiger partial charge in [0.15, 0.2) is 5.65 Å².